The predicted molar refractivity (Wildman–Crippen MR) is 65.6 cm³/mol. The van der Waals surface area contributed by atoms with Crippen LogP contribution in [0.4, 0.5) is 0 Å². The Labute approximate surface area is 97.7 Å². The topological polar surface area (TPSA) is 32.7 Å². The standard InChI is InChI=1S/C13H21NO2/c1-14(8-3-4-9-15)11-12-6-5-7-13(10-12)16-2/h5-7,10,15H,3-4,8-9,11H2,1-2H3. The molecule has 0 atom stereocenters. The Morgan fingerprint density at radius 2 is 2.12 bits per heavy atom. The molecule has 0 bridgehead atoms. The number of hydrogen-bond acceptors (Lipinski definition) is 3. The van der Waals surface area contributed by atoms with Gasteiger partial charge in [-0.1, -0.05) is 12.1 Å². The van der Waals surface area contributed by atoms with Crippen LogP contribution in [0.3, 0.4) is 0 Å². The number of aliphatic hydroxyl groups is 1. The lowest BCUT2D eigenvalue weighted by Crippen LogP contribution is -2.19. The molecule has 0 heterocycles. The molecule has 0 saturated heterocycles. The van der Waals surface area contributed by atoms with Gasteiger partial charge in [0.25, 0.3) is 0 Å². The second-order valence-corrected chi connectivity index (χ2v) is 4.02. The van der Waals surface area contributed by atoms with Crippen LogP contribution in [0.15, 0.2) is 24.3 Å². The Bertz CT molecular complexity index is 302. The van der Waals surface area contributed by atoms with Crippen LogP contribution in [-0.2, 0) is 6.54 Å². The molecule has 1 aromatic rings. The number of methoxy groups -OCH3 is 1. The van der Waals surface area contributed by atoms with Crippen LogP contribution < -0.4 is 4.74 Å². The maximum atomic E-state index is 8.70. The first-order valence-corrected chi connectivity index (χ1v) is 5.68. The van der Waals surface area contributed by atoms with Crippen molar-refractivity contribution < 1.29 is 9.84 Å². The van der Waals surface area contributed by atoms with Gasteiger partial charge < -0.3 is 14.7 Å². The molecule has 0 aromatic heterocycles. The second kappa shape index (κ2) is 7.25. The monoisotopic (exact) mass is 223 g/mol. The van der Waals surface area contributed by atoms with Crippen LogP contribution in [0.25, 0.3) is 0 Å². The van der Waals surface area contributed by atoms with Crippen molar-refractivity contribution in [2.24, 2.45) is 0 Å². The van der Waals surface area contributed by atoms with Crippen molar-refractivity contribution >= 4 is 0 Å². The summed E-state index contributed by atoms with van der Waals surface area (Å²) >= 11 is 0. The Kier molecular flexibility index (Phi) is 5.90. The summed E-state index contributed by atoms with van der Waals surface area (Å²) in [6.07, 6.45) is 1.92. The summed E-state index contributed by atoms with van der Waals surface area (Å²) in [4.78, 5) is 2.25. The zero-order valence-electron chi connectivity index (χ0n) is 10.1. The summed E-state index contributed by atoms with van der Waals surface area (Å²) in [5.74, 6) is 0.904. The van der Waals surface area contributed by atoms with Crippen LogP contribution in [0.1, 0.15) is 18.4 Å². The van der Waals surface area contributed by atoms with Gasteiger partial charge in [-0.3, -0.25) is 0 Å². The van der Waals surface area contributed by atoms with Gasteiger partial charge in [0.1, 0.15) is 5.75 Å². The first-order valence-electron chi connectivity index (χ1n) is 5.68. The zero-order chi connectivity index (χ0) is 11.8. The van der Waals surface area contributed by atoms with E-state index in [-0.39, 0.29) is 6.61 Å². The van der Waals surface area contributed by atoms with Crippen molar-refractivity contribution in [2.45, 2.75) is 19.4 Å². The van der Waals surface area contributed by atoms with Crippen LogP contribution >= 0.6 is 0 Å². The van der Waals surface area contributed by atoms with Crippen molar-refractivity contribution in [3.8, 4) is 5.75 Å². The Balaban J connectivity index is 2.39. The highest BCUT2D eigenvalue weighted by atomic mass is 16.5. The molecular formula is C13H21NO2. The highest BCUT2D eigenvalue weighted by Gasteiger charge is 2.01. The van der Waals surface area contributed by atoms with E-state index in [1.165, 1.54) is 5.56 Å². The van der Waals surface area contributed by atoms with Crippen molar-refractivity contribution in [3.63, 3.8) is 0 Å². The quantitative estimate of drug-likeness (QED) is 0.717. The fourth-order valence-electron chi connectivity index (χ4n) is 1.66. The van der Waals surface area contributed by atoms with Gasteiger partial charge in [-0.15, -0.1) is 0 Å². The summed E-state index contributed by atoms with van der Waals surface area (Å²) in [6.45, 7) is 2.22. The third-order valence-corrected chi connectivity index (χ3v) is 2.53. The molecule has 0 aliphatic carbocycles. The number of aliphatic hydroxyl groups excluding tert-OH is 1. The molecule has 3 heteroatoms. The van der Waals surface area contributed by atoms with E-state index in [9.17, 15) is 0 Å². The average Bonchev–Trinajstić information content (AvgIpc) is 2.29. The molecule has 0 saturated carbocycles. The van der Waals surface area contributed by atoms with Gasteiger partial charge >= 0.3 is 0 Å². The van der Waals surface area contributed by atoms with E-state index >= 15 is 0 Å². The fourth-order valence-corrected chi connectivity index (χ4v) is 1.66. The Hall–Kier alpha value is -1.06. The summed E-state index contributed by atoms with van der Waals surface area (Å²) in [5.41, 5.74) is 1.26. The molecule has 0 aliphatic rings. The van der Waals surface area contributed by atoms with Gasteiger partial charge in [0.15, 0.2) is 0 Å². The minimum atomic E-state index is 0.285. The minimum Gasteiger partial charge on any atom is -0.497 e. The van der Waals surface area contributed by atoms with Crippen molar-refractivity contribution in [3.05, 3.63) is 29.8 Å². The fraction of sp³-hybridized carbons (Fsp3) is 0.538. The summed E-state index contributed by atoms with van der Waals surface area (Å²) in [5, 5.41) is 8.70. The molecule has 0 fully saturated rings. The van der Waals surface area contributed by atoms with Crippen LogP contribution in [0.2, 0.25) is 0 Å². The summed E-state index contributed by atoms with van der Waals surface area (Å²) in [6, 6.07) is 8.12. The summed E-state index contributed by atoms with van der Waals surface area (Å²) < 4.78 is 5.18. The number of unbranched alkanes of at least 4 members (excludes halogenated alkanes) is 1. The molecule has 0 radical (unpaired) electrons. The van der Waals surface area contributed by atoms with Crippen molar-refractivity contribution in [1.29, 1.82) is 0 Å². The molecule has 1 N–H and O–H groups in total. The Morgan fingerprint density at radius 3 is 2.81 bits per heavy atom. The van der Waals surface area contributed by atoms with Gasteiger partial charge in [0.2, 0.25) is 0 Å². The van der Waals surface area contributed by atoms with Crippen molar-refractivity contribution in [2.75, 3.05) is 27.3 Å². The number of nitrogens with zero attached hydrogens (tertiary/aromatic N) is 1. The molecule has 1 rings (SSSR count). The average molecular weight is 223 g/mol. The third-order valence-electron chi connectivity index (χ3n) is 2.53. The lowest BCUT2D eigenvalue weighted by Gasteiger charge is -2.16. The SMILES string of the molecule is COc1cccc(CN(C)CCCCO)c1. The zero-order valence-corrected chi connectivity index (χ0v) is 10.1. The predicted octanol–water partition coefficient (Wildman–Crippen LogP) is 1.90. The molecular weight excluding hydrogens is 202 g/mol. The number of rotatable bonds is 7. The first kappa shape index (κ1) is 13.0. The first-order chi connectivity index (χ1) is 7.76. The van der Waals surface area contributed by atoms with E-state index in [4.69, 9.17) is 9.84 Å². The molecule has 1 aromatic carbocycles. The lowest BCUT2D eigenvalue weighted by molar-refractivity contribution is 0.261. The molecule has 0 amide bonds. The van der Waals surface area contributed by atoms with Gasteiger partial charge in [0.05, 0.1) is 7.11 Å². The van der Waals surface area contributed by atoms with Gasteiger partial charge in [-0.2, -0.15) is 0 Å². The van der Waals surface area contributed by atoms with E-state index in [1.54, 1.807) is 7.11 Å². The minimum absolute atomic E-state index is 0.285. The normalized spacial score (nSPS) is 10.8. The molecule has 16 heavy (non-hydrogen) atoms. The van der Waals surface area contributed by atoms with E-state index in [1.807, 2.05) is 12.1 Å². The summed E-state index contributed by atoms with van der Waals surface area (Å²) in [7, 11) is 3.78. The third kappa shape index (κ3) is 4.64. The Morgan fingerprint density at radius 1 is 1.31 bits per heavy atom. The highest BCUT2D eigenvalue weighted by molar-refractivity contribution is 5.28. The van der Waals surface area contributed by atoms with E-state index in [2.05, 4.69) is 24.1 Å². The van der Waals surface area contributed by atoms with E-state index in [0.717, 1.165) is 31.7 Å². The second-order valence-electron chi connectivity index (χ2n) is 4.02. The van der Waals surface area contributed by atoms with Crippen LogP contribution in [0.5, 0.6) is 5.75 Å². The van der Waals surface area contributed by atoms with Crippen molar-refractivity contribution in [1.82, 2.24) is 4.90 Å². The maximum Gasteiger partial charge on any atom is 0.119 e. The smallest absolute Gasteiger partial charge is 0.119 e. The molecule has 3 nitrogen and oxygen atoms in total. The molecule has 90 valence electrons. The highest BCUT2D eigenvalue weighted by Crippen LogP contribution is 2.13. The van der Waals surface area contributed by atoms with Gasteiger partial charge in [-0.05, 0) is 44.1 Å². The molecule has 0 aliphatic heterocycles. The van der Waals surface area contributed by atoms with Gasteiger partial charge in [0, 0.05) is 13.2 Å². The number of ether oxygens (including phenoxy) is 1. The lowest BCUT2D eigenvalue weighted by atomic mass is 10.2. The van der Waals surface area contributed by atoms with E-state index in [0.29, 0.717) is 0 Å². The number of hydrogen-bond donors (Lipinski definition) is 1. The van der Waals surface area contributed by atoms with Gasteiger partial charge in [-0.25, -0.2) is 0 Å². The molecule has 0 unspecified atom stereocenters. The van der Waals surface area contributed by atoms with Crippen LogP contribution in [0, 0.1) is 0 Å². The van der Waals surface area contributed by atoms with Crippen LogP contribution in [-0.4, -0.2) is 37.3 Å². The largest absolute Gasteiger partial charge is 0.497 e. The maximum absolute atomic E-state index is 8.70. The van der Waals surface area contributed by atoms with E-state index < -0.39 is 0 Å². The molecule has 0 spiro atoms. The number of benzene rings is 1.